The summed E-state index contributed by atoms with van der Waals surface area (Å²) in [6.45, 7) is 0.0408. The first-order chi connectivity index (χ1) is 6.33. The van der Waals surface area contributed by atoms with Gasteiger partial charge >= 0.3 is 0 Å². The summed E-state index contributed by atoms with van der Waals surface area (Å²) in [6.07, 6.45) is 4.71. The molecule has 0 amide bonds. The van der Waals surface area contributed by atoms with Crippen molar-refractivity contribution in [3.05, 3.63) is 42.0 Å². The van der Waals surface area contributed by atoms with E-state index in [-0.39, 0.29) is 25.1 Å². The van der Waals surface area contributed by atoms with Gasteiger partial charge in [0.05, 0.1) is 6.61 Å². The van der Waals surface area contributed by atoms with Gasteiger partial charge in [-0.3, -0.25) is 0 Å². The molecule has 14 heavy (non-hydrogen) atoms. The highest BCUT2D eigenvalue weighted by Gasteiger charge is 1.94. The van der Waals surface area contributed by atoms with Crippen molar-refractivity contribution < 1.29 is 5.11 Å². The van der Waals surface area contributed by atoms with Crippen molar-refractivity contribution in [2.45, 2.75) is 12.5 Å². The normalized spacial score (nSPS) is 12.4. The van der Waals surface area contributed by atoms with Crippen molar-refractivity contribution >= 4 is 18.5 Å². The van der Waals surface area contributed by atoms with E-state index in [1.807, 2.05) is 42.5 Å². The van der Waals surface area contributed by atoms with Gasteiger partial charge in [-0.2, -0.15) is 0 Å². The van der Waals surface area contributed by atoms with Crippen LogP contribution in [0.5, 0.6) is 0 Å². The molecule has 0 bridgehead atoms. The van der Waals surface area contributed by atoms with Gasteiger partial charge in [0.2, 0.25) is 0 Å². The second-order valence-electron chi connectivity index (χ2n) is 2.99. The molecule has 3 N–H and O–H groups in total. The number of aliphatic hydroxyl groups is 1. The molecule has 0 aliphatic rings. The molecule has 0 spiro atoms. The third-order valence-corrected chi connectivity index (χ3v) is 1.78. The molecule has 0 fully saturated rings. The van der Waals surface area contributed by atoms with E-state index in [0.717, 1.165) is 5.56 Å². The molecule has 3 heteroatoms. The minimum absolute atomic E-state index is 0. The van der Waals surface area contributed by atoms with Crippen LogP contribution in [0.1, 0.15) is 12.0 Å². The topological polar surface area (TPSA) is 46.2 Å². The van der Waals surface area contributed by atoms with Gasteiger partial charge in [0.1, 0.15) is 0 Å². The smallest absolute Gasteiger partial charge is 0.0585 e. The SMILES string of the molecule is Cl.NC(CO)C/C=C/c1ccccc1. The molecule has 0 heterocycles. The number of aliphatic hydroxyl groups excluding tert-OH is 1. The van der Waals surface area contributed by atoms with E-state index in [0.29, 0.717) is 6.42 Å². The van der Waals surface area contributed by atoms with Crippen LogP contribution in [0.4, 0.5) is 0 Å². The number of benzene rings is 1. The molecule has 1 aromatic carbocycles. The van der Waals surface area contributed by atoms with E-state index in [9.17, 15) is 0 Å². The van der Waals surface area contributed by atoms with Gasteiger partial charge < -0.3 is 10.8 Å². The van der Waals surface area contributed by atoms with Crippen LogP contribution in [-0.2, 0) is 0 Å². The van der Waals surface area contributed by atoms with Crippen LogP contribution in [0.15, 0.2) is 36.4 Å². The van der Waals surface area contributed by atoms with Gasteiger partial charge in [0.25, 0.3) is 0 Å². The molecule has 0 aromatic heterocycles. The molecule has 0 saturated heterocycles. The van der Waals surface area contributed by atoms with E-state index in [1.165, 1.54) is 0 Å². The Morgan fingerprint density at radius 3 is 2.50 bits per heavy atom. The maximum absolute atomic E-state index is 8.67. The molecule has 0 saturated carbocycles. The van der Waals surface area contributed by atoms with Gasteiger partial charge in [-0.1, -0.05) is 42.5 Å². The van der Waals surface area contributed by atoms with Crippen molar-refractivity contribution in [1.29, 1.82) is 0 Å². The molecular formula is C11H16ClNO. The Bertz CT molecular complexity index is 261. The largest absolute Gasteiger partial charge is 0.395 e. The lowest BCUT2D eigenvalue weighted by Gasteiger charge is -2.01. The van der Waals surface area contributed by atoms with Crippen molar-refractivity contribution in [1.82, 2.24) is 0 Å². The lowest BCUT2D eigenvalue weighted by Crippen LogP contribution is -2.22. The lowest BCUT2D eigenvalue weighted by atomic mass is 10.1. The number of hydrogen-bond donors (Lipinski definition) is 2. The number of hydrogen-bond acceptors (Lipinski definition) is 2. The zero-order valence-electron chi connectivity index (χ0n) is 7.97. The Hall–Kier alpha value is -0.830. The van der Waals surface area contributed by atoms with Crippen molar-refractivity contribution in [3.63, 3.8) is 0 Å². The van der Waals surface area contributed by atoms with Gasteiger partial charge in [-0.25, -0.2) is 0 Å². The number of rotatable bonds is 4. The minimum atomic E-state index is -0.139. The molecular weight excluding hydrogens is 198 g/mol. The summed E-state index contributed by atoms with van der Waals surface area (Å²) in [5.41, 5.74) is 6.70. The quantitative estimate of drug-likeness (QED) is 0.802. The van der Waals surface area contributed by atoms with Crippen LogP contribution in [0.2, 0.25) is 0 Å². The van der Waals surface area contributed by atoms with E-state index in [2.05, 4.69) is 0 Å². The highest BCUT2D eigenvalue weighted by molar-refractivity contribution is 5.85. The van der Waals surface area contributed by atoms with Crippen molar-refractivity contribution in [2.75, 3.05) is 6.61 Å². The molecule has 0 aliphatic heterocycles. The first-order valence-electron chi connectivity index (χ1n) is 4.41. The van der Waals surface area contributed by atoms with E-state index in [1.54, 1.807) is 0 Å². The summed E-state index contributed by atoms with van der Waals surface area (Å²) in [5.74, 6) is 0. The maximum atomic E-state index is 8.67. The van der Waals surface area contributed by atoms with Crippen molar-refractivity contribution in [2.24, 2.45) is 5.73 Å². The maximum Gasteiger partial charge on any atom is 0.0585 e. The highest BCUT2D eigenvalue weighted by Crippen LogP contribution is 2.02. The monoisotopic (exact) mass is 213 g/mol. The highest BCUT2D eigenvalue weighted by atomic mass is 35.5. The molecule has 1 aromatic rings. The standard InChI is InChI=1S/C11H15NO.ClH/c12-11(9-13)8-4-7-10-5-2-1-3-6-10;/h1-7,11,13H,8-9,12H2;1H/b7-4+;. The predicted octanol–water partition coefficient (Wildman–Crippen LogP) is 1.83. The van der Waals surface area contributed by atoms with Crippen LogP contribution >= 0.6 is 12.4 Å². The fourth-order valence-corrected chi connectivity index (χ4v) is 1.02. The Labute approximate surface area is 90.9 Å². The minimum Gasteiger partial charge on any atom is -0.395 e. The van der Waals surface area contributed by atoms with Crippen LogP contribution in [-0.4, -0.2) is 17.8 Å². The van der Waals surface area contributed by atoms with Gasteiger partial charge in [0.15, 0.2) is 0 Å². The fraction of sp³-hybridized carbons (Fsp3) is 0.273. The van der Waals surface area contributed by atoms with E-state index < -0.39 is 0 Å². The Balaban J connectivity index is 0.00000169. The van der Waals surface area contributed by atoms with Gasteiger partial charge in [0, 0.05) is 6.04 Å². The predicted molar refractivity (Wildman–Crippen MR) is 62.4 cm³/mol. The summed E-state index contributed by atoms with van der Waals surface area (Å²) in [4.78, 5) is 0. The molecule has 1 atom stereocenters. The molecule has 2 nitrogen and oxygen atoms in total. The molecule has 1 rings (SSSR count). The van der Waals surface area contributed by atoms with E-state index in [4.69, 9.17) is 10.8 Å². The Kier molecular flexibility index (Phi) is 7.11. The lowest BCUT2D eigenvalue weighted by molar-refractivity contribution is 0.267. The van der Waals surface area contributed by atoms with Gasteiger partial charge in [-0.15, -0.1) is 12.4 Å². The van der Waals surface area contributed by atoms with Crippen molar-refractivity contribution in [3.8, 4) is 0 Å². The summed E-state index contributed by atoms with van der Waals surface area (Å²) in [5, 5.41) is 8.67. The summed E-state index contributed by atoms with van der Waals surface area (Å²) >= 11 is 0. The fourth-order valence-electron chi connectivity index (χ4n) is 1.02. The van der Waals surface area contributed by atoms with Crippen LogP contribution in [0, 0.1) is 0 Å². The number of halogens is 1. The average Bonchev–Trinajstić information content (AvgIpc) is 2.19. The van der Waals surface area contributed by atoms with E-state index >= 15 is 0 Å². The van der Waals surface area contributed by atoms with Crippen LogP contribution < -0.4 is 5.73 Å². The average molecular weight is 214 g/mol. The zero-order chi connectivity index (χ0) is 9.52. The Morgan fingerprint density at radius 2 is 1.93 bits per heavy atom. The molecule has 1 unspecified atom stereocenters. The third kappa shape index (κ3) is 5.02. The van der Waals surface area contributed by atoms with Gasteiger partial charge in [-0.05, 0) is 12.0 Å². The number of nitrogens with two attached hydrogens (primary N) is 1. The summed E-state index contributed by atoms with van der Waals surface area (Å²) in [7, 11) is 0. The summed E-state index contributed by atoms with van der Waals surface area (Å²) in [6, 6.07) is 9.88. The second-order valence-corrected chi connectivity index (χ2v) is 2.99. The molecule has 78 valence electrons. The van der Waals surface area contributed by atoms with Crippen LogP contribution in [0.3, 0.4) is 0 Å². The third-order valence-electron chi connectivity index (χ3n) is 1.78. The second kappa shape index (κ2) is 7.56. The first-order valence-corrected chi connectivity index (χ1v) is 4.41. The van der Waals surface area contributed by atoms with Crippen LogP contribution in [0.25, 0.3) is 6.08 Å². The molecule has 0 aliphatic carbocycles. The Morgan fingerprint density at radius 1 is 1.29 bits per heavy atom. The molecule has 0 radical (unpaired) electrons. The first kappa shape index (κ1) is 13.2. The summed E-state index contributed by atoms with van der Waals surface area (Å²) < 4.78 is 0. The zero-order valence-corrected chi connectivity index (χ0v) is 8.78.